The summed E-state index contributed by atoms with van der Waals surface area (Å²) in [4.78, 5) is 12.1. The zero-order valence-electron chi connectivity index (χ0n) is 19.5. The summed E-state index contributed by atoms with van der Waals surface area (Å²) in [5.74, 6) is 0.538. The predicted molar refractivity (Wildman–Crippen MR) is 131 cm³/mol. The topological polar surface area (TPSA) is 53.4 Å². The lowest BCUT2D eigenvalue weighted by Gasteiger charge is -2.24. The molecular formula is C28H32N2O3. The van der Waals surface area contributed by atoms with Crippen LogP contribution in [0.5, 0.6) is 5.75 Å². The molecule has 5 nitrogen and oxygen atoms in total. The minimum atomic E-state index is -0.300. The van der Waals surface area contributed by atoms with E-state index in [0.29, 0.717) is 24.8 Å². The molecule has 1 saturated carbocycles. The summed E-state index contributed by atoms with van der Waals surface area (Å²) in [5, 5.41) is 4.89. The van der Waals surface area contributed by atoms with Crippen molar-refractivity contribution in [1.29, 1.82) is 0 Å². The average Bonchev–Trinajstić information content (AvgIpc) is 3.28. The van der Waals surface area contributed by atoms with Crippen molar-refractivity contribution in [2.45, 2.75) is 58.6 Å². The van der Waals surface area contributed by atoms with Gasteiger partial charge in [-0.25, -0.2) is 4.79 Å². The molecule has 0 spiro atoms. The van der Waals surface area contributed by atoms with E-state index in [-0.39, 0.29) is 5.97 Å². The number of aromatic nitrogens is 2. The number of rotatable bonds is 8. The highest BCUT2D eigenvalue weighted by Crippen LogP contribution is 2.33. The van der Waals surface area contributed by atoms with Crippen molar-refractivity contribution < 1.29 is 14.3 Å². The summed E-state index contributed by atoms with van der Waals surface area (Å²) in [6.45, 7) is 4.50. The number of hydrogen-bond acceptors (Lipinski definition) is 4. The third-order valence-corrected chi connectivity index (χ3v) is 6.04. The monoisotopic (exact) mass is 444 g/mol. The van der Waals surface area contributed by atoms with Gasteiger partial charge in [0.15, 0.2) is 0 Å². The quantitative estimate of drug-likeness (QED) is 0.290. The molecule has 172 valence electrons. The van der Waals surface area contributed by atoms with Gasteiger partial charge in [0.05, 0.1) is 24.0 Å². The third kappa shape index (κ3) is 5.92. The summed E-state index contributed by atoms with van der Waals surface area (Å²) in [6.07, 6.45) is 7.82. The van der Waals surface area contributed by atoms with Crippen molar-refractivity contribution in [3.63, 3.8) is 0 Å². The summed E-state index contributed by atoms with van der Waals surface area (Å²) < 4.78 is 13.2. The van der Waals surface area contributed by atoms with Crippen LogP contribution in [0.4, 0.5) is 0 Å². The van der Waals surface area contributed by atoms with Gasteiger partial charge < -0.3 is 9.47 Å². The van der Waals surface area contributed by atoms with Gasteiger partial charge in [-0.1, -0.05) is 49.6 Å². The first-order valence-corrected chi connectivity index (χ1v) is 11.9. The Bertz CT molecular complexity index is 1080. The predicted octanol–water partition coefficient (Wildman–Crippen LogP) is 6.60. The van der Waals surface area contributed by atoms with E-state index in [4.69, 9.17) is 14.6 Å². The van der Waals surface area contributed by atoms with Gasteiger partial charge in [0.2, 0.25) is 0 Å². The van der Waals surface area contributed by atoms with E-state index in [2.05, 4.69) is 35.0 Å². The van der Waals surface area contributed by atoms with Gasteiger partial charge in [-0.2, -0.15) is 5.10 Å². The van der Waals surface area contributed by atoms with Gasteiger partial charge in [-0.15, -0.1) is 0 Å². The van der Waals surface area contributed by atoms with Crippen molar-refractivity contribution >= 4 is 12.0 Å². The minimum Gasteiger partial charge on any atom is -0.489 e. The molecular weight excluding hydrogens is 412 g/mol. The molecule has 5 heteroatoms. The van der Waals surface area contributed by atoms with E-state index in [9.17, 15) is 4.79 Å². The fraction of sp³-hybridized carbons (Fsp3) is 0.357. The van der Waals surface area contributed by atoms with Gasteiger partial charge in [0, 0.05) is 11.1 Å². The normalized spacial score (nSPS) is 14.8. The van der Waals surface area contributed by atoms with Crippen LogP contribution in [0.2, 0.25) is 0 Å². The molecule has 0 atom stereocenters. The lowest BCUT2D eigenvalue weighted by Crippen LogP contribution is -2.15. The van der Waals surface area contributed by atoms with Crippen molar-refractivity contribution in [1.82, 2.24) is 9.78 Å². The van der Waals surface area contributed by atoms with Crippen molar-refractivity contribution in [2.75, 3.05) is 6.61 Å². The SMILES string of the molecule is CCOC(=O)C(C)=Cc1cc(-c2ccc(OCc3ccccc3)cc2)n(C2CCCCC2)n1. The third-order valence-electron chi connectivity index (χ3n) is 6.04. The van der Waals surface area contributed by atoms with Gasteiger partial charge >= 0.3 is 5.97 Å². The second-order valence-electron chi connectivity index (χ2n) is 8.54. The van der Waals surface area contributed by atoms with E-state index in [1.165, 1.54) is 19.3 Å². The summed E-state index contributed by atoms with van der Waals surface area (Å²) in [6, 6.07) is 20.8. The van der Waals surface area contributed by atoms with E-state index >= 15 is 0 Å². The zero-order chi connectivity index (χ0) is 23.0. The number of esters is 1. The first-order chi connectivity index (χ1) is 16.1. The molecule has 1 aromatic heterocycles. The standard InChI is InChI=1S/C28H32N2O3/c1-3-32-28(31)21(2)18-24-19-27(30(29-24)25-12-8-5-9-13-25)23-14-16-26(17-15-23)33-20-22-10-6-4-7-11-22/h4,6-7,10-11,14-19,25H,3,5,8-9,12-13,20H2,1-2H3. The number of carbonyl (C=O) groups excluding carboxylic acids is 1. The molecule has 4 rings (SSSR count). The van der Waals surface area contributed by atoms with Crippen molar-refractivity contribution in [3.8, 4) is 17.0 Å². The van der Waals surface area contributed by atoms with E-state index in [1.54, 1.807) is 6.92 Å². The molecule has 1 aliphatic rings. The molecule has 33 heavy (non-hydrogen) atoms. The number of hydrogen-bond donors (Lipinski definition) is 0. The van der Waals surface area contributed by atoms with Gasteiger partial charge in [-0.05, 0) is 68.7 Å². The van der Waals surface area contributed by atoms with Gasteiger partial charge in [0.1, 0.15) is 12.4 Å². The fourth-order valence-corrected chi connectivity index (χ4v) is 4.29. The van der Waals surface area contributed by atoms with Crippen LogP contribution in [0.25, 0.3) is 17.3 Å². The molecule has 0 bridgehead atoms. The molecule has 1 aliphatic carbocycles. The number of carbonyl (C=O) groups is 1. The van der Waals surface area contributed by atoms with Crippen LogP contribution < -0.4 is 4.74 Å². The molecule has 0 radical (unpaired) electrons. The highest BCUT2D eigenvalue weighted by Gasteiger charge is 2.21. The molecule has 0 amide bonds. The van der Waals surface area contributed by atoms with E-state index in [1.807, 2.05) is 43.3 Å². The first kappa shape index (κ1) is 22.8. The van der Waals surface area contributed by atoms with E-state index < -0.39 is 0 Å². The van der Waals surface area contributed by atoms with Gasteiger partial charge in [-0.3, -0.25) is 4.68 Å². The fourth-order valence-electron chi connectivity index (χ4n) is 4.29. The van der Waals surface area contributed by atoms with Crippen LogP contribution in [0, 0.1) is 0 Å². The lowest BCUT2D eigenvalue weighted by molar-refractivity contribution is -0.138. The minimum absolute atomic E-state index is 0.300. The molecule has 0 unspecified atom stereocenters. The van der Waals surface area contributed by atoms with Crippen molar-refractivity contribution in [3.05, 3.63) is 77.5 Å². The van der Waals surface area contributed by atoms with Gasteiger partial charge in [0.25, 0.3) is 0 Å². The highest BCUT2D eigenvalue weighted by molar-refractivity contribution is 5.92. The molecule has 3 aromatic rings. The molecule has 0 aliphatic heterocycles. The number of nitrogens with zero attached hydrogens (tertiary/aromatic N) is 2. The van der Waals surface area contributed by atoms with E-state index in [0.717, 1.165) is 41.1 Å². The Morgan fingerprint density at radius 2 is 1.79 bits per heavy atom. The molecule has 1 heterocycles. The van der Waals surface area contributed by atoms with Crippen LogP contribution >= 0.6 is 0 Å². The maximum Gasteiger partial charge on any atom is 0.333 e. The lowest BCUT2D eigenvalue weighted by atomic mass is 9.95. The Morgan fingerprint density at radius 3 is 2.48 bits per heavy atom. The summed E-state index contributed by atoms with van der Waals surface area (Å²) >= 11 is 0. The molecule has 0 saturated heterocycles. The van der Waals surface area contributed by atoms with Crippen LogP contribution in [-0.4, -0.2) is 22.4 Å². The number of ether oxygens (including phenoxy) is 2. The second-order valence-corrected chi connectivity index (χ2v) is 8.54. The number of benzene rings is 2. The Kier molecular flexibility index (Phi) is 7.61. The Morgan fingerprint density at radius 1 is 1.06 bits per heavy atom. The first-order valence-electron chi connectivity index (χ1n) is 11.9. The maximum atomic E-state index is 12.1. The molecule has 1 fully saturated rings. The van der Waals surface area contributed by atoms with Crippen LogP contribution in [0.15, 0.2) is 66.2 Å². The zero-order valence-corrected chi connectivity index (χ0v) is 19.5. The maximum absolute atomic E-state index is 12.1. The molecule has 2 aromatic carbocycles. The molecule has 0 N–H and O–H groups in total. The van der Waals surface area contributed by atoms with Crippen LogP contribution in [-0.2, 0) is 16.1 Å². The Balaban J connectivity index is 1.57. The largest absolute Gasteiger partial charge is 0.489 e. The summed E-state index contributed by atoms with van der Waals surface area (Å²) in [5.41, 5.74) is 4.64. The average molecular weight is 445 g/mol. The Labute approximate surface area is 196 Å². The van der Waals surface area contributed by atoms with Crippen molar-refractivity contribution in [2.24, 2.45) is 0 Å². The second kappa shape index (κ2) is 11.0. The summed E-state index contributed by atoms with van der Waals surface area (Å²) in [7, 11) is 0. The highest BCUT2D eigenvalue weighted by atomic mass is 16.5. The Hall–Kier alpha value is -3.34. The smallest absolute Gasteiger partial charge is 0.333 e. The van der Waals surface area contributed by atoms with Crippen LogP contribution in [0.3, 0.4) is 0 Å². The van der Waals surface area contributed by atoms with Crippen LogP contribution in [0.1, 0.15) is 63.3 Å².